The van der Waals surface area contributed by atoms with Crippen molar-refractivity contribution in [1.29, 1.82) is 0 Å². The highest BCUT2D eigenvalue weighted by Gasteiger charge is 2.28. The van der Waals surface area contributed by atoms with Gasteiger partial charge < -0.3 is 19.9 Å². The van der Waals surface area contributed by atoms with Gasteiger partial charge in [-0.3, -0.25) is 9.78 Å². The summed E-state index contributed by atoms with van der Waals surface area (Å²) < 4.78 is 46.8. The van der Waals surface area contributed by atoms with Gasteiger partial charge in [0.05, 0.1) is 24.4 Å². The number of amides is 1. The van der Waals surface area contributed by atoms with Gasteiger partial charge in [-0.2, -0.15) is 13.2 Å². The zero-order valence-electron chi connectivity index (χ0n) is 13.6. The normalized spacial score (nSPS) is 11.1. The summed E-state index contributed by atoms with van der Waals surface area (Å²) in [5.74, 6) is -0.570. The molecule has 0 aliphatic rings. The summed E-state index contributed by atoms with van der Waals surface area (Å²) in [6.07, 6.45) is -2.92. The fourth-order valence-electron chi connectivity index (χ4n) is 1.99. The first-order valence-electron chi connectivity index (χ1n) is 7.64. The van der Waals surface area contributed by atoms with Crippen LogP contribution in [0.25, 0.3) is 0 Å². The van der Waals surface area contributed by atoms with E-state index >= 15 is 0 Å². The smallest absolute Gasteiger partial charge is 0.422 e. The van der Waals surface area contributed by atoms with Gasteiger partial charge in [0.2, 0.25) is 0 Å². The molecule has 0 bridgehead atoms. The number of aliphatic hydroxyl groups excluding tert-OH is 1. The molecule has 1 aromatic carbocycles. The highest BCUT2D eigenvalue weighted by atomic mass is 19.4. The Morgan fingerprint density at radius 1 is 1.19 bits per heavy atom. The Morgan fingerprint density at radius 3 is 2.65 bits per heavy atom. The van der Waals surface area contributed by atoms with Gasteiger partial charge in [0.1, 0.15) is 18.1 Å². The van der Waals surface area contributed by atoms with Crippen molar-refractivity contribution in [2.75, 3.05) is 19.8 Å². The second kappa shape index (κ2) is 9.04. The molecule has 0 atom stereocenters. The molecule has 2 aromatic rings. The van der Waals surface area contributed by atoms with Crippen LogP contribution in [0.4, 0.5) is 13.2 Å². The van der Waals surface area contributed by atoms with Crippen LogP contribution in [0.2, 0.25) is 0 Å². The lowest BCUT2D eigenvalue weighted by Gasteiger charge is -2.14. The summed E-state index contributed by atoms with van der Waals surface area (Å²) in [5.41, 5.74) is 0.609. The first-order chi connectivity index (χ1) is 12.4. The summed E-state index contributed by atoms with van der Waals surface area (Å²) in [5, 5.41) is 11.5. The molecule has 0 saturated carbocycles. The van der Waals surface area contributed by atoms with E-state index in [1.165, 1.54) is 12.1 Å². The zero-order valence-corrected chi connectivity index (χ0v) is 13.6. The third-order valence-corrected chi connectivity index (χ3v) is 3.10. The third kappa shape index (κ3) is 6.25. The lowest BCUT2D eigenvalue weighted by molar-refractivity contribution is -0.153. The van der Waals surface area contributed by atoms with Gasteiger partial charge in [-0.1, -0.05) is 6.07 Å². The van der Waals surface area contributed by atoms with E-state index in [4.69, 9.17) is 9.84 Å². The largest absolute Gasteiger partial charge is 0.490 e. The number of carbonyl (C=O) groups is 1. The van der Waals surface area contributed by atoms with E-state index in [0.29, 0.717) is 5.69 Å². The summed E-state index contributed by atoms with van der Waals surface area (Å²) in [6, 6.07) is 8.94. The molecule has 6 nitrogen and oxygen atoms in total. The first-order valence-corrected chi connectivity index (χ1v) is 7.64. The van der Waals surface area contributed by atoms with E-state index in [1.54, 1.807) is 24.4 Å². The van der Waals surface area contributed by atoms with E-state index < -0.39 is 18.7 Å². The van der Waals surface area contributed by atoms with Crippen molar-refractivity contribution < 1.29 is 32.5 Å². The fourth-order valence-corrected chi connectivity index (χ4v) is 1.99. The zero-order chi connectivity index (χ0) is 19.0. The van der Waals surface area contributed by atoms with E-state index in [1.807, 2.05) is 0 Å². The third-order valence-electron chi connectivity index (χ3n) is 3.10. The Balaban J connectivity index is 2.13. The van der Waals surface area contributed by atoms with Crippen LogP contribution in [0, 0.1) is 0 Å². The molecular weight excluding hydrogens is 353 g/mol. The molecule has 0 aliphatic carbocycles. The van der Waals surface area contributed by atoms with Crippen LogP contribution in [0.3, 0.4) is 0 Å². The maximum Gasteiger partial charge on any atom is 0.422 e. The van der Waals surface area contributed by atoms with Crippen LogP contribution in [0.5, 0.6) is 11.5 Å². The number of hydrogen-bond acceptors (Lipinski definition) is 5. The fraction of sp³-hybridized carbons (Fsp3) is 0.294. The summed E-state index contributed by atoms with van der Waals surface area (Å²) in [7, 11) is 0. The van der Waals surface area contributed by atoms with Crippen molar-refractivity contribution in [3.8, 4) is 11.5 Å². The van der Waals surface area contributed by atoms with Gasteiger partial charge in [0, 0.05) is 6.20 Å². The SMILES string of the molecule is O=C(NCc1ccccn1)c1cc(OCC(F)(F)F)ccc1OCCO. The Kier molecular flexibility index (Phi) is 6.79. The average Bonchev–Trinajstić information content (AvgIpc) is 2.63. The predicted octanol–water partition coefficient (Wildman–Crippen LogP) is 2.32. The molecule has 1 heterocycles. The van der Waals surface area contributed by atoms with Gasteiger partial charge in [-0.05, 0) is 30.3 Å². The van der Waals surface area contributed by atoms with Crippen LogP contribution in [-0.4, -0.2) is 42.0 Å². The molecular formula is C17H17F3N2O4. The molecule has 9 heteroatoms. The second-order valence-electron chi connectivity index (χ2n) is 5.14. The first kappa shape index (κ1) is 19.5. The molecule has 0 spiro atoms. The molecule has 0 saturated heterocycles. The highest BCUT2D eigenvalue weighted by Crippen LogP contribution is 2.26. The number of ether oxygens (including phenoxy) is 2. The van der Waals surface area contributed by atoms with Crippen molar-refractivity contribution in [2.24, 2.45) is 0 Å². The minimum atomic E-state index is -4.49. The van der Waals surface area contributed by atoms with Crippen molar-refractivity contribution in [3.63, 3.8) is 0 Å². The van der Waals surface area contributed by atoms with Crippen LogP contribution in [0.15, 0.2) is 42.6 Å². The van der Waals surface area contributed by atoms with Gasteiger partial charge in [0.25, 0.3) is 5.91 Å². The average molecular weight is 370 g/mol. The number of pyridine rings is 1. The van der Waals surface area contributed by atoms with E-state index in [0.717, 1.165) is 6.07 Å². The number of alkyl halides is 3. The Bertz CT molecular complexity index is 724. The number of hydrogen-bond donors (Lipinski definition) is 2. The predicted molar refractivity (Wildman–Crippen MR) is 86.0 cm³/mol. The van der Waals surface area contributed by atoms with E-state index in [-0.39, 0.29) is 36.8 Å². The van der Waals surface area contributed by atoms with Crippen LogP contribution in [0.1, 0.15) is 16.1 Å². The van der Waals surface area contributed by atoms with E-state index in [9.17, 15) is 18.0 Å². The minimum Gasteiger partial charge on any atom is -0.490 e. The number of benzene rings is 1. The maximum atomic E-state index is 12.4. The Morgan fingerprint density at radius 2 is 2.00 bits per heavy atom. The second-order valence-corrected chi connectivity index (χ2v) is 5.14. The summed E-state index contributed by atoms with van der Waals surface area (Å²) >= 11 is 0. The number of rotatable bonds is 8. The number of carbonyl (C=O) groups excluding carboxylic acids is 1. The molecule has 1 aromatic heterocycles. The van der Waals surface area contributed by atoms with Crippen molar-refractivity contribution >= 4 is 5.91 Å². The monoisotopic (exact) mass is 370 g/mol. The summed E-state index contributed by atoms with van der Waals surface area (Å²) in [4.78, 5) is 16.5. The van der Waals surface area contributed by atoms with Gasteiger partial charge in [-0.15, -0.1) is 0 Å². The highest BCUT2D eigenvalue weighted by molar-refractivity contribution is 5.97. The van der Waals surface area contributed by atoms with Crippen molar-refractivity contribution in [3.05, 3.63) is 53.9 Å². The number of aromatic nitrogens is 1. The topological polar surface area (TPSA) is 80.7 Å². The molecule has 1 amide bonds. The number of halogens is 3. The van der Waals surface area contributed by atoms with Gasteiger partial charge in [0.15, 0.2) is 6.61 Å². The quantitative estimate of drug-likeness (QED) is 0.746. The standard InChI is InChI=1S/C17H17F3N2O4/c18-17(19,20)11-26-13-4-5-15(25-8-7-23)14(9-13)16(24)22-10-12-3-1-2-6-21-12/h1-6,9,23H,7-8,10-11H2,(H,22,24). The van der Waals surface area contributed by atoms with Crippen LogP contribution < -0.4 is 14.8 Å². The molecule has 26 heavy (non-hydrogen) atoms. The molecule has 140 valence electrons. The van der Waals surface area contributed by atoms with Crippen LogP contribution >= 0.6 is 0 Å². The minimum absolute atomic E-state index is 0.00550. The molecule has 0 unspecified atom stereocenters. The number of aliphatic hydroxyl groups is 1. The van der Waals surface area contributed by atoms with E-state index in [2.05, 4.69) is 15.0 Å². The van der Waals surface area contributed by atoms with Crippen molar-refractivity contribution in [1.82, 2.24) is 10.3 Å². The molecule has 0 radical (unpaired) electrons. The number of nitrogens with zero attached hydrogens (tertiary/aromatic N) is 1. The maximum absolute atomic E-state index is 12.4. The molecule has 0 fully saturated rings. The molecule has 0 aliphatic heterocycles. The van der Waals surface area contributed by atoms with Crippen LogP contribution in [-0.2, 0) is 6.54 Å². The Hall–Kier alpha value is -2.81. The molecule has 2 rings (SSSR count). The Labute approximate surface area is 147 Å². The van der Waals surface area contributed by atoms with Gasteiger partial charge >= 0.3 is 6.18 Å². The van der Waals surface area contributed by atoms with Gasteiger partial charge in [-0.25, -0.2) is 0 Å². The lowest BCUT2D eigenvalue weighted by atomic mass is 10.1. The molecule has 2 N–H and O–H groups in total. The lowest BCUT2D eigenvalue weighted by Crippen LogP contribution is -2.24. The summed E-state index contributed by atoms with van der Waals surface area (Å²) in [6.45, 7) is -1.68. The number of nitrogens with one attached hydrogen (secondary N) is 1. The van der Waals surface area contributed by atoms with Crippen molar-refractivity contribution in [2.45, 2.75) is 12.7 Å².